The largest absolute Gasteiger partial charge is 0.467 e. The fourth-order valence-corrected chi connectivity index (χ4v) is 2.30. The molecule has 0 aliphatic carbocycles. The van der Waals surface area contributed by atoms with Crippen molar-refractivity contribution in [2.24, 2.45) is 11.3 Å². The molecule has 0 aromatic heterocycles. The Bertz CT molecular complexity index is 333. The third-order valence-electron chi connectivity index (χ3n) is 4.26. The molecule has 0 spiro atoms. The van der Waals surface area contributed by atoms with Crippen LogP contribution in [0.2, 0.25) is 0 Å². The van der Waals surface area contributed by atoms with Crippen molar-refractivity contribution in [2.45, 2.75) is 59.4 Å². The highest BCUT2D eigenvalue weighted by atomic mass is 16.5. The van der Waals surface area contributed by atoms with Gasteiger partial charge in [-0.3, -0.25) is 4.79 Å². The lowest BCUT2D eigenvalue weighted by Gasteiger charge is -2.36. The minimum absolute atomic E-state index is 0.0810. The van der Waals surface area contributed by atoms with Crippen molar-refractivity contribution in [1.29, 1.82) is 0 Å². The fourth-order valence-electron chi connectivity index (χ4n) is 2.30. The van der Waals surface area contributed by atoms with Gasteiger partial charge in [-0.2, -0.15) is 0 Å². The summed E-state index contributed by atoms with van der Waals surface area (Å²) >= 11 is 0. The van der Waals surface area contributed by atoms with Crippen LogP contribution in [0.5, 0.6) is 0 Å². The van der Waals surface area contributed by atoms with E-state index < -0.39 is 0 Å². The first-order valence-corrected chi connectivity index (χ1v) is 7.14. The first-order chi connectivity index (χ1) is 8.77. The van der Waals surface area contributed by atoms with Crippen LogP contribution < -0.4 is 0 Å². The highest BCUT2D eigenvalue weighted by Crippen LogP contribution is 2.29. The summed E-state index contributed by atoms with van der Waals surface area (Å²) in [5, 5.41) is 0. The van der Waals surface area contributed by atoms with Crippen LogP contribution in [0.4, 0.5) is 0 Å². The minimum atomic E-state index is -0.376. The lowest BCUT2D eigenvalue weighted by molar-refractivity contribution is -0.155. The second-order valence-corrected chi connectivity index (χ2v) is 6.59. The van der Waals surface area contributed by atoms with Gasteiger partial charge in [0, 0.05) is 13.0 Å². The van der Waals surface area contributed by atoms with Crippen LogP contribution in [0.25, 0.3) is 0 Å². The van der Waals surface area contributed by atoms with Gasteiger partial charge >= 0.3 is 5.97 Å². The van der Waals surface area contributed by atoms with Crippen LogP contribution in [0.3, 0.4) is 0 Å². The van der Waals surface area contributed by atoms with E-state index in [1.165, 1.54) is 7.11 Å². The van der Waals surface area contributed by atoms with E-state index >= 15 is 0 Å². The number of nitrogens with zero attached hydrogens (tertiary/aromatic N) is 1. The van der Waals surface area contributed by atoms with Crippen LogP contribution >= 0.6 is 0 Å². The Kier molecular flexibility index (Phi) is 5.39. The molecule has 2 unspecified atom stereocenters. The third kappa shape index (κ3) is 4.22. The Morgan fingerprint density at radius 2 is 1.95 bits per heavy atom. The molecule has 0 N–H and O–H groups in total. The number of piperidine rings is 1. The molecular formula is C15H27NO3. The minimum Gasteiger partial charge on any atom is -0.467 e. The number of hydrogen-bond acceptors (Lipinski definition) is 3. The van der Waals surface area contributed by atoms with Gasteiger partial charge in [0.25, 0.3) is 0 Å². The predicted molar refractivity (Wildman–Crippen MR) is 74.6 cm³/mol. The van der Waals surface area contributed by atoms with Crippen LogP contribution in [-0.4, -0.2) is 36.5 Å². The second kappa shape index (κ2) is 6.40. The number of esters is 1. The Morgan fingerprint density at radius 3 is 2.47 bits per heavy atom. The molecule has 19 heavy (non-hydrogen) atoms. The van der Waals surface area contributed by atoms with E-state index in [0.29, 0.717) is 18.9 Å². The Hall–Kier alpha value is -1.06. The normalized spacial score (nSPS) is 21.9. The first-order valence-electron chi connectivity index (χ1n) is 7.14. The van der Waals surface area contributed by atoms with Gasteiger partial charge in [0.1, 0.15) is 6.04 Å². The number of hydrogen-bond donors (Lipinski definition) is 0. The van der Waals surface area contributed by atoms with Crippen molar-refractivity contribution in [1.82, 2.24) is 4.90 Å². The molecule has 1 saturated heterocycles. The van der Waals surface area contributed by atoms with Gasteiger partial charge < -0.3 is 9.64 Å². The van der Waals surface area contributed by atoms with E-state index in [0.717, 1.165) is 19.3 Å². The molecule has 1 heterocycles. The molecule has 2 atom stereocenters. The molecule has 4 nitrogen and oxygen atoms in total. The molecule has 1 rings (SSSR count). The fraction of sp³-hybridized carbons (Fsp3) is 0.867. The molecular weight excluding hydrogens is 242 g/mol. The van der Waals surface area contributed by atoms with Crippen LogP contribution in [-0.2, 0) is 14.3 Å². The van der Waals surface area contributed by atoms with Crippen molar-refractivity contribution in [2.75, 3.05) is 13.7 Å². The summed E-state index contributed by atoms with van der Waals surface area (Å²) in [7, 11) is 1.39. The summed E-state index contributed by atoms with van der Waals surface area (Å²) in [6, 6.07) is -0.376. The van der Waals surface area contributed by atoms with Crippen molar-refractivity contribution >= 4 is 11.9 Å². The maximum Gasteiger partial charge on any atom is 0.328 e. The SMILES string of the molecule is COC(=O)C1CCCCN1C(=O)CC(C)C(C)(C)C. The smallest absolute Gasteiger partial charge is 0.328 e. The van der Waals surface area contributed by atoms with Gasteiger partial charge in [-0.05, 0) is 30.6 Å². The average Bonchev–Trinajstić information content (AvgIpc) is 2.36. The number of ether oxygens (including phenoxy) is 1. The monoisotopic (exact) mass is 269 g/mol. The van der Waals surface area contributed by atoms with E-state index in [1.54, 1.807) is 4.90 Å². The number of methoxy groups -OCH3 is 1. The zero-order valence-electron chi connectivity index (χ0n) is 12.9. The third-order valence-corrected chi connectivity index (χ3v) is 4.26. The zero-order chi connectivity index (χ0) is 14.6. The van der Waals surface area contributed by atoms with E-state index in [2.05, 4.69) is 27.7 Å². The predicted octanol–water partition coefficient (Wildman–Crippen LogP) is 2.61. The summed E-state index contributed by atoms with van der Waals surface area (Å²) in [5.41, 5.74) is 0.103. The number of carbonyl (C=O) groups excluding carboxylic acids is 2. The quantitative estimate of drug-likeness (QED) is 0.740. The summed E-state index contributed by atoms with van der Waals surface area (Å²) in [5.74, 6) is 0.0919. The Labute approximate surface area is 116 Å². The summed E-state index contributed by atoms with van der Waals surface area (Å²) < 4.78 is 4.81. The molecule has 0 saturated carbocycles. The lowest BCUT2D eigenvalue weighted by atomic mass is 9.79. The molecule has 4 heteroatoms. The van der Waals surface area contributed by atoms with E-state index in [-0.39, 0.29) is 23.3 Å². The van der Waals surface area contributed by atoms with Crippen molar-refractivity contribution in [3.05, 3.63) is 0 Å². The van der Waals surface area contributed by atoms with Crippen LogP contribution in [0.15, 0.2) is 0 Å². The molecule has 110 valence electrons. The lowest BCUT2D eigenvalue weighted by Crippen LogP contribution is -2.49. The highest BCUT2D eigenvalue weighted by Gasteiger charge is 2.34. The summed E-state index contributed by atoms with van der Waals surface area (Å²) in [6.45, 7) is 9.18. The molecule has 1 fully saturated rings. The van der Waals surface area contributed by atoms with Gasteiger partial charge in [-0.1, -0.05) is 27.7 Å². The topological polar surface area (TPSA) is 46.6 Å². The number of rotatable bonds is 3. The second-order valence-electron chi connectivity index (χ2n) is 6.59. The molecule has 0 aromatic carbocycles. The molecule has 0 aromatic rings. The van der Waals surface area contributed by atoms with E-state index in [1.807, 2.05) is 0 Å². The summed E-state index contributed by atoms with van der Waals surface area (Å²) in [6.07, 6.45) is 3.18. The van der Waals surface area contributed by atoms with Gasteiger partial charge in [0.2, 0.25) is 5.91 Å². The van der Waals surface area contributed by atoms with Crippen molar-refractivity contribution in [3.63, 3.8) is 0 Å². The van der Waals surface area contributed by atoms with Gasteiger partial charge in [-0.25, -0.2) is 4.79 Å². The average molecular weight is 269 g/mol. The van der Waals surface area contributed by atoms with Gasteiger partial charge in [-0.15, -0.1) is 0 Å². The highest BCUT2D eigenvalue weighted by molar-refractivity contribution is 5.84. The van der Waals surface area contributed by atoms with Crippen molar-refractivity contribution in [3.8, 4) is 0 Å². The van der Waals surface area contributed by atoms with Crippen LogP contribution in [0, 0.1) is 11.3 Å². The Morgan fingerprint density at radius 1 is 1.32 bits per heavy atom. The molecule has 0 bridgehead atoms. The number of amides is 1. The van der Waals surface area contributed by atoms with Gasteiger partial charge in [0.15, 0.2) is 0 Å². The summed E-state index contributed by atoms with van der Waals surface area (Å²) in [4.78, 5) is 25.9. The first kappa shape index (κ1) is 16.0. The molecule has 1 amide bonds. The van der Waals surface area contributed by atoms with Gasteiger partial charge in [0.05, 0.1) is 7.11 Å². The standard InChI is InChI=1S/C15H27NO3/c1-11(15(2,3)4)10-13(17)16-9-7-6-8-12(16)14(18)19-5/h11-12H,6-10H2,1-5H3. The van der Waals surface area contributed by atoms with Crippen molar-refractivity contribution < 1.29 is 14.3 Å². The molecule has 1 aliphatic heterocycles. The molecule has 0 radical (unpaired) electrons. The zero-order valence-corrected chi connectivity index (χ0v) is 12.9. The maximum atomic E-state index is 12.4. The van der Waals surface area contributed by atoms with E-state index in [9.17, 15) is 9.59 Å². The Balaban J connectivity index is 2.70. The number of likely N-dealkylation sites (tertiary alicyclic amines) is 1. The van der Waals surface area contributed by atoms with E-state index in [4.69, 9.17) is 4.74 Å². The maximum absolute atomic E-state index is 12.4. The number of carbonyl (C=O) groups is 2. The van der Waals surface area contributed by atoms with Crippen LogP contribution in [0.1, 0.15) is 53.4 Å². The molecule has 1 aliphatic rings.